The largest absolute Gasteiger partial charge is 0.463 e. The third-order valence-electron chi connectivity index (χ3n) is 5.03. The number of carbonyl (C=O) groups excluding carboxylic acids is 2. The second kappa shape index (κ2) is 9.23. The number of halogens is 2. The molecule has 1 aliphatic heterocycles. The van der Waals surface area contributed by atoms with E-state index < -0.39 is 11.9 Å². The van der Waals surface area contributed by atoms with E-state index in [1.54, 1.807) is 30.0 Å². The Morgan fingerprint density at radius 1 is 1.17 bits per heavy atom. The average molecular weight is 416 g/mol. The molecule has 6 heteroatoms. The van der Waals surface area contributed by atoms with Gasteiger partial charge in [-0.1, -0.05) is 48.9 Å². The van der Waals surface area contributed by atoms with Gasteiger partial charge >= 0.3 is 5.97 Å². The van der Waals surface area contributed by atoms with E-state index in [-0.39, 0.29) is 31.3 Å². The Kier molecular flexibility index (Phi) is 6.70. The Hall–Kier alpha value is -2.66. The van der Waals surface area contributed by atoms with E-state index in [0.717, 1.165) is 11.1 Å². The van der Waals surface area contributed by atoms with Crippen molar-refractivity contribution in [2.24, 2.45) is 0 Å². The van der Waals surface area contributed by atoms with E-state index in [0.29, 0.717) is 22.7 Å². The minimum Gasteiger partial charge on any atom is -0.463 e. The van der Waals surface area contributed by atoms with Crippen LogP contribution in [-0.2, 0) is 20.9 Å². The van der Waals surface area contributed by atoms with Crippen molar-refractivity contribution in [2.45, 2.75) is 39.2 Å². The Morgan fingerprint density at radius 2 is 1.86 bits per heavy atom. The third kappa shape index (κ3) is 4.51. The molecule has 0 unspecified atom stereocenters. The molecule has 0 radical (unpaired) electrons. The highest BCUT2D eigenvalue weighted by molar-refractivity contribution is 6.31. The molecule has 1 amide bonds. The molecule has 2 aromatic carbocycles. The monoisotopic (exact) mass is 415 g/mol. The summed E-state index contributed by atoms with van der Waals surface area (Å²) in [5.41, 5.74) is 2.60. The first-order valence-corrected chi connectivity index (χ1v) is 10.0. The fourth-order valence-corrected chi connectivity index (χ4v) is 3.98. The summed E-state index contributed by atoms with van der Waals surface area (Å²) in [6.07, 6.45) is 0.588. The molecule has 0 bridgehead atoms. The second-order valence-electron chi connectivity index (χ2n) is 6.82. The summed E-state index contributed by atoms with van der Waals surface area (Å²) in [6, 6.07) is 13.2. The first-order chi connectivity index (χ1) is 14.0. The summed E-state index contributed by atoms with van der Waals surface area (Å²) in [5.74, 6) is -1.35. The summed E-state index contributed by atoms with van der Waals surface area (Å²) in [5, 5.41) is 0.509. The summed E-state index contributed by atoms with van der Waals surface area (Å²) < 4.78 is 18.6. The van der Waals surface area contributed by atoms with E-state index in [1.807, 2.05) is 25.1 Å². The van der Waals surface area contributed by atoms with Gasteiger partial charge in [-0.05, 0) is 42.7 Å². The van der Waals surface area contributed by atoms with Crippen LogP contribution in [0.15, 0.2) is 59.8 Å². The first-order valence-electron chi connectivity index (χ1n) is 9.65. The summed E-state index contributed by atoms with van der Waals surface area (Å²) in [7, 11) is 0. The smallest absolute Gasteiger partial charge is 0.336 e. The SMILES string of the molecule is CCOC(=O)C1=C(CC)N(Cc2ccc(F)cc2)C(=O)C[C@H]1c1ccccc1Cl. The van der Waals surface area contributed by atoms with Gasteiger partial charge < -0.3 is 9.64 Å². The molecule has 2 aromatic rings. The van der Waals surface area contributed by atoms with Crippen LogP contribution in [0.3, 0.4) is 0 Å². The summed E-state index contributed by atoms with van der Waals surface area (Å²) in [6.45, 7) is 4.15. The lowest BCUT2D eigenvalue weighted by Crippen LogP contribution is -2.39. The third-order valence-corrected chi connectivity index (χ3v) is 5.37. The quantitative estimate of drug-likeness (QED) is 0.607. The zero-order valence-corrected chi connectivity index (χ0v) is 17.2. The second-order valence-corrected chi connectivity index (χ2v) is 7.23. The number of hydrogen-bond acceptors (Lipinski definition) is 3. The van der Waals surface area contributed by atoms with E-state index in [9.17, 15) is 14.0 Å². The number of hydrogen-bond donors (Lipinski definition) is 0. The van der Waals surface area contributed by atoms with Gasteiger partial charge in [0.05, 0.1) is 18.7 Å². The van der Waals surface area contributed by atoms with Gasteiger partial charge in [0, 0.05) is 23.1 Å². The molecule has 0 aliphatic carbocycles. The van der Waals surface area contributed by atoms with E-state index >= 15 is 0 Å². The van der Waals surface area contributed by atoms with Crippen molar-refractivity contribution >= 4 is 23.5 Å². The molecule has 0 saturated heterocycles. The fraction of sp³-hybridized carbons (Fsp3) is 0.304. The molecular weight excluding hydrogens is 393 g/mol. The number of ether oxygens (including phenoxy) is 1. The summed E-state index contributed by atoms with van der Waals surface area (Å²) >= 11 is 6.39. The zero-order chi connectivity index (χ0) is 21.0. The van der Waals surface area contributed by atoms with Crippen LogP contribution in [0.4, 0.5) is 4.39 Å². The van der Waals surface area contributed by atoms with Gasteiger partial charge in [-0.3, -0.25) is 4.79 Å². The maximum Gasteiger partial charge on any atom is 0.336 e. The maximum absolute atomic E-state index is 13.3. The Bertz CT molecular complexity index is 939. The molecule has 0 fully saturated rings. The number of nitrogens with zero attached hydrogens (tertiary/aromatic N) is 1. The van der Waals surface area contributed by atoms with Crippen LogP contribution < -0.4 is 0 Å². The van der Waals surface area contributed by atoms with Crippen molar-refractivity contribution in [3.8, 4) is 0 Å². The van der Waals surface area contributed by atoms with Crippen LogP contribution in [0.1, 0.15) is 43.7 Å². The molecule has 0 N–H and O–H groups in total. The van der Waals surface area contributed by atoms with Crippen LogP contribution in [-0.4, -0.2) is 23.4 Å². The van der Waals surface area contributed by atoms with Crippen molar-refractivity contribution in [1.29, 1.82) is 0 Å². The highest BCUT2D eigenvalue weighted by Gasteiger charge is 2.38. The van der Waals surface area contributed by atoms with Crippen LogP contribution in [0.5, 0.6) is 0 Å². The van der Waals surface area contributed by atoms with Crippen molar-refractivity contribution < 1.29 is 18.7 Å². The van der Waals surface area contributed by atoms with Crippen LogP contribution >= 0.6 is 11.6 Å². The standard InChI is InChI=1S/C23H23ClFNO3/c1-3-20-22(23(28)29-4-2)18(17-7-5-6-8-19(17)24)13-21(27)26(20)14-15-9-11-16(25)12-10-15/h5-12,18H,3-4,13-14H2,1-2H3/t18-/m0/s1. The lowest BCUT2D eigenvalue weighted by atomic mass is 9.82. The van der Waals surface area contributed by atoms with Crippen LogP contribution in [0, 0.1) is 5.82 Å². The normalized spacial score (nSPS) is 16.9. The summed E-state index contributed by atoms with van der Waals surface area (Å²) in [4.78, 5) is 27.6. The molecule has 1 heterocycles. The van der Waals surface area contributed by atoms with Gasteiger partial charge in [-0.15, -0.1) is 0 Å². The topological polar surface area (TPSA) is 46.6 Å². The highest BCUT2D eigenvalue weighted by Crippen LogP contribution is 2.41. The predicted octanol–water partition coefficient (Wildman–Crippen LogP) is 5.22. The molecule has 0 spiro atoms. The first kappa shape index (κ1) is 21.1. The molecular formula is C23H23ClFNO3. The van der Waals surface area contributed by atoms with E-state index in [2.05, 4.69) is 0 Å². The molecule has 4 nitrogen and oxygen atoms in total. The zero-order valence-electron chi connectivity index (χ0n) is 16.5. The van der Waals surface area contributed by atoms with Crippen molar-refractivity contribution in [2.75, 3.05) is 6.61 Å². The predicted molar refractivity (Wildman–Crippen MR) is 110 cm³/mol. The van der Waals surface area contributed by atoms with Crippen LogP contribution in [0.2, 0.25) is 5.02 Å². The van der Waals surface area contributed by atoms with E-state index in [1.165, 1.54) is 12.1 Å². The fourth-order valence-electron chi connectivity index (χ4n) is 3.71. The van der Waals surface area contributed by atoms with Crippen molar-refractivity contribution in [3.05, 3.63) is 81.8 Å². The highest BCUT2D eigenvalue weighted by atomic mass is 35.5. The Balaban J connectivity index is 2.09. The lowest BCUT2D eigenvalue weighted by molar-refractivity contribution is -0.140. The Labute approximate surface area is 174 Å². The number of benzene rings is 2. The minimum absolute atomic E-state index is 0.107. The number of amides is 1. The van der Waals surface area contributed by atoms with Gasteiger partial charge in [0.2, 0.25) is 5.91 Å². The molecule has 152 valence electrons. The molecule has 3 rings (SSSR count). The van der Waals surface area contributed by atoms with Gasteiger partial charge in [-0.2, -0.15) is 0 Å². The maximum atomic E-state index is 13.3. The minimum atomic E-state index is -0.463. The average Bonchev–Trinajstić information content (AvgIpc) is 2.71. The van der Waals surface area contributed by atoms with Crippen LogP contribution in [0.25, 0.3) is 0 Å². The molecule has 0 aromatic heterocycles. The number of rotatable bonds is 6. The molecule has 29 heavy (non-hydrogen) atoms. The van der Waals surface area contributed by atoms with Gasteiger partial charge in [0.1, 0.15) is 5.82 Å². The Morgan fingerprint density at radius 3 is 2.48 bits per heavy atom. The van der Waals surface area contributed by atoms with Gasteiger partial charge in [0.25, 0.3) is 0 Å². The lowest BCUT2D eigenvalue weighted by Gasteiger charge is -2.36. The molecule has 1 aliphatic rings. The van der Waals surface area contributed by atoms with Crippen molar-refractivity contribution in [3.63, 3.8) is 0 Å². The number of allylic oxidation sites excluding steroid dienone is 1. The number of carbonyl (C=O) groups is 2. The van der Waals surface area contributed by atoms with Gasteiger partial charge in [0.15, 0.2) is 0 Å². The van der Waals surface area contributed by atoms with E-state index in [4.69, 9.17) is 16.3 Å². The van der Waals surface area contributed by atoms with Crippen molar-refractivity contribution in [1.82, 2.24) is 4.90 Å². The molecule has 0 saturated carbocycles. The van der Waals surface area contributed by atoms with Gasteiger partial charge in [-0.25, -0.2) is 9.18 Å². The number of esters is 1. The molecule has 1 atom stereocenters.